The number of carbonyl (C=O) groups is 1. The van der Waals surface area contributed by atoms with Crippen molar-refractivity contribution in [2.75, 3.05) is 0 Å². The van der Waals surface area contributed by atoms with Crippen LogP contribution in [0.15, 0.2) is 11.0 Å². The molecule has 5 nitrogen and oxygen atoms in total. The minimum atomic E-state index is -0.576. The fourth-order valence-electron chi connectivity index (χ4n) is 2.48. The van der Waals surface area contributed by atoms with Gasteiger partial charge in [-0.1, -0.05) is 44.0 Å². The van der Waals surface area contributed by atoms with Gasteiger partial charge in [-0.15, -0.1) is 0 Å². The van der Waals surface area contributed by atoms with Crippen molar-refractivity contribution in [1.29, 1.82) is 0 Å². The molecule has 118 valence electrons. The van der Waals surface area contributed by atoms with Gasteiger partial charge in [-0.2, -0.15) is 5.10 Å². The molecule has 1 rings (SSSR count). The molecule has 1 heterocycles. The van der Waals surface area contributed by atoms with Crippen LogP contribution in [0.3, 0.4) is 0 Å². The lowest BCUT2D eigenvalue weighted by atomic mass is 9.82. The summed E-state index contributed by atoms with van der Waals surface area (Å²) < 4.78 is 0.997. The Morgan fingerprint density at radius 2 is 1.86 bits per heavy atom. The van der Waals surface area contributed by atoms with Crippen molar-refractivity contribution < 1.29 is 4.79 Å². The summed E-state index contributed by atoms with van der Waals surface area (Å²) in [5, 5.41) is 6.66. The van der Waals surface area contributed by atoms with E-state index >= 15 is 0 Å². The van der Waals surface area contributed by atoms with Gasteiger partial charge in [-0.05, 0) is 25.7 Å². The van der Waals surface area contributed by atoms with Crippen molar-refractivity contribution in [3.05, 3.63) is 26.6 Å². The molecule has 1 aromatic rings. The maximum Gasteiger partial charge on any atom is 0.287 e. The third-order valence-corrected chi connectivity index (χ3v) is 3.43. The highest BCUT2D eigenvalue weighted by Gasteiger charge is 2.27. The molecule has 7 heteroatoms. The summed E-state index contributed by atoms with van der Waals surface area (Å²) in [5.74, 6) is -0.294. The van der Waals surface area contributed by atoms with E-state index < -0.39 is 5.56 Å². The first kappa shape index (κ1) is 18.0. The van der Waals surface area contributed by atoms with E-state index in [0.29, 0.717) is 0 Å². The zero-order chi connectivity index (χ0) is 16.4. The summed E-state index contributed by atoms with van der Waals surface area (Å²) in [5.41, 5.74) is -0.877. The minimum Gasteiger partial charge on any atom is -0.350 e. The maximum absolute atomic E-state index is 12.1. The maximum atomic E-state index is 12.1. The first-order valence-corrected chi connectivity index (χ1v) is 7.39. The van der Waals surface area contributed by atoms with Gasteiger partial charge in [-0.25, -0.2) is 4.68 Å². The van der Waals surface area contributed by atoms with Crippen molar-refractivity contribution in [3.8, 4) is 0 Å². The fraction of sp³-hybridized carbons (Fsp3) is 0.643. The number of nitrogens with one attached hydrogen (secondary N) is 1. The highest BCUT2D eigenvalue weighted by atomic mass is 35.5. The molecule has 1 N–H and O–H groups in total. The average Bonchev–Trinajstić information content (AvgIpc) is 2.26. The van der Waals surface area contributed by atoms with Gasteiger partial charge < -0.3 is 5.32 Å². The highest BCUT2D eigenvalue weighted by Crippen LogP contribution is 2.26. The Kier molecular flexibility index (Phi) is 5.45. The summed E-state index contributed by atoms with van der Waals surface area (Å²) in [6.07, 6.45) is 2.05. The predicted octanol–water partition coefficient (Wildman–Crippen LogP) is 2.88. The molecule has 0 saturated carbocycles. The highest BCUT2D eigenvalue weighted by molar-refractivity contribution is 6.41. The lowest BCUT2D eigenvalue weighted by molar-refractivity contribution is -0.123. The molecule has 21 heavy (non-hydrogen) atoms. The number of rotatable bonds is 4. The van der Waals surface area contributed by atoms with Gasteiger partial charge in [0.1, 0.15) is 11.6 Å². The molecule has 0 aliphatic rings. The molecule has 0 atom stereocenters. The quantitative estimate of drug-likeness (QED) is 0.921. The molecule has 0 spiro atoms. The number of nitrogens with zero attached hydrogens (tertiary/aromatic N) is 2. The lowest BCUT2D eigenvalue weighted by Gasteiger charge is -2.33. The summed E-state index contributed by atoms with van der Waals surface area (Å²) in [7, 11) is 0. The minimum absolute atomic E-state index is 0.0754. The number of hydrogen-bond donors (Lipinski definition) is 1. The number of aromatic nitrogens is 2. The van der Waals surface area contributed by atoms with E-state index in [-0.39, 0.29) is 33.5 Å². The third kappa shape index (κ3) is 5.67. The summed E-state index contributed by atoms with van der Waals surface area (Å²) in [6, 6.07) is 0. The summed E-state index contributed by atoms with van der Waals surface area (Å²) in [4.78, 5) is 23.9. The van der Waals surface area contributed by atoms with Gasteiger partial charge in [0.2, 0.25) is 5.91 Å². The first-order chi connectivity index (χ1) is 9.41. The molecule has 0 aromatic carbocycles. The second kappa shape index (κ2) is 6.36. The normalized spacial score (nSPS) is 12.3. The first-order valence-electron chi connectivity index (χ1n) is 6.63. The zero-order valence-corrected chi connectivity index (χ0v) is 14.5. The van der Waals surface area contributed by atoms with Crippen LogP contribution in [0, 0.1) is 5.41 Å². The van der Waals surface area contributed by atoms with Crippen LogP contribution in [-0.2, 0) is 11.3 Å². The van der Waals surface area contributed by atoms with Gasteiger partial charge in [0.25, 0.3) is 5.56 Å². The van der Waals surface area contributed by atoms with Gasteiger partial charge in [0, 0.05) is 5.54 Å². The summed E-state index contributed by atoms with van der Waals surface area (Å²) in [6.45, 7) is 10.0. The van der Waals surface area contributed by atoms with Crippen molar-refractivity contribution in [1.82, 2.24) is 15.1 Å². The fourth-order valence-corrected chi connectivity index (χ4v) is 2.75. The van der Waals surface area contributed by atoms with Crippen LogP contribution in [0.5, 0.6) is 0 Å². The SMILES string of the molecule is CC(C)(C)CC(C)(C)NC(=O)Cn1ncc(Cl)c(Cl)c1=O. The second-order valence-electron chi connectivity index (χ2n) is 6.94. The lowest BCUT2D eigenvalue weighted by Crippen LogP contribution is -2.47. The zero-order valence-electron chi connectivity index (χ0n) is 13.0. The third-order valence-electron chi connectivity index (χ3n) is 2.69. The molecule has 0 unspecified atom stereocenters. The number of carbonyl (C=O) groups excluding carboxylic acids is 1. The van der Waals surface area contributed by atoms with Gasteiger partial charge in [-0.3, -0.25) is 9.59 Å². The molecular weight excluding hydrogens is 313 g/mol. The van der Waals surface area contributed by atoms with Crippen LogP contribution in [0.25, 0.3) is 0 Å². The molecule has 0 fully saturated rings. The van der Waals surface area contributed by atoms with Crippen molar-refractivity contribution in [3.63, 3.8) is 0 Å². The van der Waals surface area contributed by atoms with E-state index in [0.717, 1.165) is 11.1 Å². The number of amides is 1. The molecule has 0 aliphatic carbocycles. The van der Waals surface area contributed by atoms with Gasteiger partial charge in [0.05, 0.1) is 11.2 Å². The standard InChI is InChI=1S/C14H21Cl2N3O2/c1-13(2,3)8-14(4,5)18-10(20)7-19-12(21)11(16)9(15)6-17-19/h6H,7-8H2,1-5H3,(H,18,20). The van der Waals surface area contributed by atoms with Crippen LogP contribution in [0.2, 0.25) is 10.0 Å². The molecule has 0 bridgehead atoms. The summed E-state index contributed by atoms with van der Waals surface area (Å²) >= 11 is 11.4. The van der Waals surface area contributed by atoms with Crippen LogP contribution >= 0.6 is 23.2 Å². The second-order valence-corrected chi connectivity index (χ2v) is 7.72. The number of halogens is 2. The molecule has 0 radical (unpaired) electrons. The van der Waals surface area contributed by atoms with E-state index in [1.807, 2.05) is 13.8 Å². The van der Waals surface area contributed by atoms with Crippen molar-refractivity contribution >= 4 is 29.1 Å². The van der Waals surface area contributed by atoms with Gasteiger partial charge in [0.15, 0.2) is 0 Å². The van der Waals surface area contributed by atoms with Crippen molar-refractivity contribution in [2.45, 2.75) is 53.1 Å². The molecule has 1 aromatic heterocycles. The van der Waals surface area contributed by atoms with E-state index in [1.54, 1.807) is 0 Å². The number of hydrogen-bond acceptors (Lipinski definition) is 3. The average molecular weight is 334 g/mol. The van der Waals surface area contributed by atoms with E-state index in [1.165, 1.54) is 6.20 Å². The Bertz CT molecular complexity index is 589. The molecule has 0 aliphatic heterocycles. The van der Waals surface area contributed by atoms with Crippen LogP contribution < -0.4 is 10.9 Å². The van der Waals surface area contributed by atoms with Crippen LogP contribution in [-0.4, -0.2) is 21.2 Å². The van der Waals surface area contributed by atoms with Gasteiger partial charge >= 0.3 is 0 Å². The van der Waals surface area contributed by atoms with Crippen molar-refractivity contribution in [2.24, 2.45) is 5.41 Å². The predicted molar refractivity (Wildman–Crippen MR) is 84.8 cm³/mol. The van der Waals surface area contributed by atoms with E-state index in [2.05, 4.69) is 31.2 Å². The molecule has 1 amide bonds. The largest absolute Gasteiger partial charge is 0.350 e. The Morgan fingerprint density at radius 1 is 1.29 bits per heavy atom. The Balaban J connectivity index is 2.79. The Hall–Kier alpha value is -1.07. The molecule has 0 saturated heterocycles. The van der Waals surface area contributed by atoms with Crippen LogP contribution in [0.4, 0.5) is 0 Å². The van der Waals surface area contributed by atoms with E-state index in [4.69, 9.17) is 23.2 Å². The smallest absolute Gasteiger partial charge is 0.287 e. The van der Waals surface area contributed by atoms with E-state index in [9.17, 15) is 9.59 Å². The Labute approximate surface area is 134 Å². The monoisotopic (exact) mass is 333 g/mol. The topological polar surface area (TPSA) is 64.0 Å². The Morgan fingerprint density at radius 3 is 2.38 bits per heavy atom. The van der Waals surface area contributed by atoms with Crippen LogP contribution in [0.1, 0.15) is 41.0 Å². The molecular formula is C14H21Cl2N3O2.